The van der Waals surface area contributed by atoms with Gasteiger partial charge in [-0.15, -0.1) is 11.3 Å². The first-order valence-corrected chi connectivity index (χ1v) is 8.21. The first-order chi connectivity index (χ1) is 9.65. The fourth-order valence-electron chi connectivity index (χ4n) is 1.99. The van der Waals surface area contributed by atoms with E-state index in [4.69, 9.17) is 9.72 Å². The predicted octanol–water partition coefficient (Wildman–Crippen LogP) is 4.14. The van der Waals surface area contributed by atoms with Gasteiger partial charge in [-0.3, -0.25) is 0 Å². The van der Waals surface area contributed by atoms with Crippen molar-refractivity contribution in [3.63, 3.8) is 0 Å². The van der Waals surface area contributed by atoms with Crippen molar-refractivity contribution in [3.05, 3.63) is 38.8 Å². The fourth-order valence-corrected chi connectivity index (χ4v) is 3.59. The molecule has 0 saturated carbocycles. The van der Waals surface area contributed by atoms with Crippen LogP contribution in [-0.2, 0) is 17.9 Å². The van der Waals surface area contributed by atoms with Crippen molar-refractivity contribution in [2.45, 2.75) is 27.0 Å². The van der Waals surface area contributed by atoms with Gasteiger partial charge in [0, 0.05) is 28.6 Å². The van der Waals surface area contributed by atoms with E-state index >= 15 is 0 Å². The molecule has 0 saturated heterocycles. The second-order valence-corrected chi connectivity index (χ2v) is 6.56. The van der Waals surface area contributed by atoms with Crippen molar-refractivity contribution < 1.29 is 4.74 Å². The number of hydrogen-bond acceptors (Lipinski definition) is 4. The zero-order valence-electron chi connectivity index (χ0n) is 12.0. The quantitative estimate of drug-likeness (QED) is 0.846. The largest absolute Gasteiger partial charge is 0.378 e. The van der Waals surface area contributed by atoms with Gasteiger partial charge in [-0.25, -0.2) is 4.98 Å². The van der Waals surface area contributed by atoms with E-state index in [0.717, 1.165) is 28.3 Å². The van der Waals surface area contributed by atoms with Crippen LogP contribution in [-0.4, -0.2) is 18.6 Å². The normalized spacial score (nSPS) is 11.0. The van der Waals surface area contributed by atoms with Gasteiger partial charge >= 0.3 is 0 Å². The summed E-state index contributed by atoms with van der Waals surface area (Å²) in [4.78, 5) is 6.01. The van der Waals surface area contributed by atoms with Gasteiger partial charge in [0.1, 0.15) is 5.01 Å². The lowest BCUT2D eigenvalue weighted by Crippen LogP contribution is -2.12. The third kappa shape index (κ3) is 3.67. The highest BCUT2D eigenvalue weighted by molar-refractivity contribution is 9.10. The van der Waals surface area contributed by atoms with Crippen LogP contribution in [0.25, 0.3) is 10.6 Å². The van der Waals surface area contributed by atoms with Gasteiger partial charge in [0.15, 0.2) is 0 Å². The predicted molar refractivity (Wildman–Crippen MR) is 88.1 cm³/mol. The minimum absolute atomic E-state index is 0.562. The summed E-state index contributed by atoms with van der Waals surface area (Å²) in [5, 5.41) is 4.42. The highest BCUT2D eigenvalue weighted by Gasteiger charge is 2.13. The standard InChI is InChI=1S/C15H19BrN2OS/c1-4-17-8-14-13(9-19-3)18-15(20-14)12-6-5-11(16)7-10(12)2/h5-7,17H,4,8-9H2,1-3H3. The third-order valence-corrected chi connectivity index (χ3v) is 4.64. The van der Waals surface area contributed by atoms with Gasteiger partial charge in [0.05, 0.1) is 12.3 Å². The molecule has 3 nitrogen and oxygen atoms in total. The van der Waals surface area contributed by atoms with E-state index in [2.05, 4.69) is 53.3 Å². The number of nitrogens with zero attached hydrogens (tertiary/aromatic N) is 1. The second kappa shape index (κ2) is 7.31. The molecular weight excluding hydrogens is 336 g/mol. The molecule has 0 amide bonds. The fraction of sp³-hybridized carbons (Fsp3) is 0.400. The average molecular weight is 355 g/mol. The number of hydrogen-bond donors (Lipinski definition) is 1. The number of halogens is 1. The van der Waals surface area contributed by atoms with Crippen LogP contribution in [0.4, 0.5) is 0 Å². The first kappa shape index (κ1) is 15.6. The van der Waals surface area contributed by atoms with Gasteiger partial charge in [-0.1, -0.05) is 28.9 Å². The van der Waals surface area contributed by atoms with E-state index in [-0.39, 0.29) is 0 Å². The Morgan fingerprint density at radius 1 is 1.40 bits per heavy atom. The summed E-state index contributed by atoms with van der Waals surface area (Å²) in [6.07, 6.45) is 0. The van der Waals surface area contributed by atoms with Crippen LogP contribution in [0.2, 0.25) is 0 Å². The van der Waals surface area contributed by atoms with Crippen molar-refractivity contribution in [1.29, 1.82) is 0 Å². The molecule has 1 N–H and O–H groups in total. The zero-order chi connectivity index (χ0) is 14.5. The van der Waals surface area contributed by atoms with Crippen molar-refractivity contribution in [2.75, 3.05) is 13.7 Å². The smallest absolute Gasteiger partial charge is 0.124 e. The van der Waals surface area contributed by atoms with Crippen molar-refractivity contribution >= 4 is 27.3 Å². The minimum atomic E-state index is 0.562. The molecule has 2 rings (SSSR count). The van der Waals surface area contributed by atoms with Crippen LogP contribution in [0.5, 0.6) is 0 Å². The Kier molecular flexibility index (Phi) is 5.72. The number of aromatic nitrogens is 1. The SMILES string of the molecule is CCNCc1sc(-c2ccc(Br)cc2C)nc1COC. The summed E-state index contributed by atoms with van der Waals surface area (Å²) in [5.41, 5.74) is 3.46. The van der Waals surface area contributed by atoms with Crippen LogP contribution in [0.1, 0.15) is 23.1 Å². The number of thiazole rings is 1. The van der Waals surface area contributed by atoms with E-state index in [0.29, 0.717) is 6.61 Å². The van der Waals surface area contributed by atoms with Gasteiger partial charge in [-0.2, -0.15) is 0 Å². The lowest BCUT2D eigenvalue weighted by atomic mass is 10.1. The molecule has 0 aliphatic rings. The van der Waals surface area contributed by atoms with E-state index < -0.39 is 0 Å². The monoisotopic (exact) mass is 354 g/mol. The summed E-state index contributed by atoms with van der Waals surface area (Å²) >= 11 is 5.24. The number of nitrogens with one attached hydrogen (secondary N) is 1. The number of aryl methyl sites for hydroxylation is 1. The summed E-state index contributed by atoms with van der Waals surface area (Å²) in [6.45, 7) is 6.59. The molecular formula is C15H19BrN2OS. The van der Waals surface area contributed by atoms with E-state index in [1.165, 1.54) is 16.0 Å². The maximum absolute atomic E-state index is 5.26. The first-order valence-electron chi connectivity index (χ1n) is 6.60. The summed E-state index contributed by atoms with van der Waals surface area (Å²) in [7, 11) is 1.71. The number of benzene rings is 1. The number of methoxy groups -OCH3 is 1. The Balaban J connectivity index is 2.36. The maximum Gasteiger partial charge on any atom is 0.124 e. The molecule has 0 unspecified atom stereocenters. The molecule has 0 radical (unpaired) electrons. The molecule has 1 heterocycles. The summed E-state index contributed by atoms with van der Waals surface area (Å²) in [6, 6.07) is 6.30. The molecule has 108 valence electrons. The van der Waals surface area contributed by atoms with E-state index in [9.17, 15) is 0 Å². The molecule has 2 aromatic rings. The lowest BCUT2D eigenvalue weighted by Gasteiger charge is -2.02. The van der Waals surface area contributed by atoms with Gasteiger partial charge in [-0.05, 0) is 31.2 Å². The molecule has 0 aliphatic heterocycles. The van der Waals surface area contributed by atoms with Gasteiger partial charge in [0.2, 0.25) is 0 Å². The Bertz CT molecular complexity index is 583. The number of ether oxygens (including phenoxy) is 1. The average Bonchev–Trinajstić information content (AvgIpc) is 2.80. The van der Waals surface area contributed by atoms with Crippen LogP contribution >= 0.6 is 27.3 Å². The number of rotatable bonds is 6. The Morgan fingerprint density at radius 2 is 2.20 bits per heavy atom. The molecule has 0 atom stereocenters. The molecule has 20 heavy (non-hydrogen) atoms. The molecule has 1 aromatic carbocycles. The van der Waals surface area contributed by atoms with Gasteiger partial charge < -0.3 is 10.1 Å². The topological polar surface area (TPSA) is 34.2 Å². The van der Waals surface area contributed by atoms with Crippen LogP contribution < -0.4 is 5.32 Å². The molecule has 0 fully saturated rings. The van der Waals surface area contributed by atoms with Crippen molar-refractivity contribution in [2.24, 2.45) is 0 Å². The second-order valence-electron chi connectivity index (χ2n) is 4.56. The van der Waals surface area contributed by atoms with Crippen LogP contribution in [0.15, 0.2) is 22.7 Å². The van der Waals surface area contributed by atoms with Crippen LogP contribution in [0, 0.1) is 6.92 Å². The molecule has 0 bridgehead atoms. The van der Waals surface area contributed by atoms with Crippen molar-refractivity contribution in [1.82, 2.24) is 10.3 Å². The van der Waals surface area contributed by atoms with E-state index in [1.54, 1.807) is 18.4 Å². The highest BCUT2D eigenvalue weighted by Crippen LogP contribution is 2.32. The van der Waals surface area contributed by atoms with E-state index in [1.807, 2.05) is 0 Å². The molecule has 5 heteroatoms. The summed E-state index contributed by atoms with van der Waals surface area (Å²) < 4.78 is 6.35. The Labute approximate surface area is 132 Å². The Morgan fingerprint density at radius 3 is 2.85 bits per heavy atom. The maximum atomic E-state index is 5.26. The molecule has 0 aliphatic carbocycles. The lowest BCUT2D eigenvalue weighted by molar-refractivity contribution is 0.181. The van der Waals surface area contributed by atoms with Gasteiger partial charge in [0.25, 0.3) is 0 Å². The third-order valence-electron chi connectivity index (χ3n) is 3.01. The van der Waals surface area contributed by atoms with Crippen LogP contribution in [0.3, 0.4) is 0 Å². The zero-order valence-corrected chi connectivity index (χ0v) is 14.4. The Hall–Kier alpha value is -0.750. The molecule has 0 spiro atoms. The van der Waals surface area contributed by atoms with Crippen molar-refractivity contribution in [3.8, 4) is 10.6 Å². The highest BCUT2D eigenvalue weighted by atomic mass is 79.9. The minimum Gasteiger partial charge on any atom is -0.378 e. The summed E-state index contributed by atoms with van der Waals surface area (Å²) in [5.74, 6) is 0. The molecule has 1 aromatic heterocycles.